The van der Waals surface area contributed by atoms with Crippen LogP contribution in [-0.2, 0) is 11.3 Å². The van der Waals surface area contributed by atoms with Crippen LogP contribution in [0.15, 0.2) is 79.0 Å². The summed E-state index contributed by atoms with van der Waals surface area (Å²) in [4.78, 5) is 19.5. The molecule has 0 aliphatic carbocycles. The van der Waals surface area contributed by atoms with Gasteiger partial charge in [-0.2, -0.15) is 0 Å². The van der Waals surface area contributed by atoms with Crippen LogP contribution in [-0.4, -0.2) is 39.8 Å². The number of benzene rings is 2. The Kier molecular flexibility index (Phi) is 7.15. The number of hydrogen-bond donors (Lipinski definition) is 1. The van der Waals surface area contributed by atoms with Gasteiger partial charge in [0, 0.05) is 24.1 Å². The fraction of sp³-hybridized carbons (Fsp3) is 0.233. The first-order valence-electron chi connectivity index (χ1n) is 12.4. The van der Waals surface area contributed by atoms with E-state index in [2.05, 4.69) is 51.8 Å². The number of para-hydroxylation sites is 1. The molecule has 38 heavy (non-hydrogen) atoms. The van der Waals surface area contributed by atoms with E-state index in [1.165, 1.54) is 7.11 Å². The van der Waals surface area contributed by atoms with E-state index in [4.69, 9.17) is 21.7 Å². The molecule has 0 spiro atoms. The Hall–Kier alpha value is -4.17. The van der Waals surface area contributed by atoms with Crippen LogP contribution in [0.5, 0.6) is 5.75 Å². The minimum Gasteiger partial charge on any atom is -0.497 e. The Morgan fingerprint density at radius 2 is 1.76 bits per heavy atom. The summed E-state index contributed by atoms with van der Waals surface area (Å²) in [6.45, 7) is 4.75. The Balaban J connectivity index is 1.62. The second kappa shape index (κ2) is 10.7. The Morgan fingerprint density at radius 1 is 1.03 bits per heavy atom. The number of esters is 1. The average Bonchev–Trinajstić information content (AvgIpc) is 3.43. The van der Waals surface area contributed by atoms with Crippen molar-refractivity contribution >= 4 is 23.3 Å². The number of carbonyl (C=O) groups excluding carboxylic acids is 1. The number of methoxy groups -OCH3 is 2. The lowest BCUT2D eigenvalue weighted by Gasteiger charge is -2.28. The Morgan fingerprint density at radius 3 is 2.45 bits per heavy atom. The summed E-state index contributed by atoms with van der Waals surface area (Å²) >= 11 is 5.88. The monoisotopic (exact) mass is 526 g/mol. The van der Waals surface area contributed by atoms with Crippen LogP contribution in [0.1, 0.15) is 50.7 Å². The highest BCUT2D eigenvalue weighted by Gasteiger charge is 2.41. The molecule has 0 radical (unpaired) electrons. The molecule has 2 aromatic carbocycles. The van der Waals surface area contributed by atoms with Gasteiger partial charge in [0.2, 0.25) is 0 Å². The molecule has 8 heteroatoms. The van der Waals surface area contributed by atoms with Crippen molar-refractivity contribution in [2.45, 2.75) is 32.5 Å². The molecule has 3 heterocycles. The van der Waals surface area contributed by atoms with E-state index >= 15 is 0 Å². The maximum absolute atomic E-state index is 12.6. The lowest BCUT2D eigenvalue weighted by atomic mass is 9.96. The highest BCUT2D eigenvalue weighted by atomic mass is 32.1. The molecule has 2 atom stereocenters. The van der Waals surface area contributed by atoms with Crippen LogP contribution in [0.4, 0.5) is 0 Å². The second-order valence-corrected chi connectivity index (χ2v) is 9.66. The summed E-state index contributed by atoms with van der Waals surface area (Å²) < 4.78 is 12.5. The summed E-state index contributed by atoms with van der Waals surface area (Å²) in [5.74, 6) is 0.442. The van der Waals surface area contributed by atoms with Crippen molar-refractivity contribution in [1.29, 1.82) is 0 Å². The van der Waals surface area contributed by atoms with Crippen molar-refractivity contribution in [2.75, 3.05) is 14.2 Å². The molecule has 1 fully saturated rings. The quantitative estimate of drug-likeness (QED) is 0.253. The molecular weight excluding hydrogens is 496 g/mol. The Bertz CT molecular complexity index is 1470. The van der Waals surface area contributed by atoms with Gasteiger partial charge in [-0.1, -0.05) is 30.3 Å². The van der Waals surface area contributed by atoms with Gasteiger partial charge in [-0.15, -0.1) is 0 Å². The van der Waals surface area contributed by atoms with Crippen molar-refractivity contribution < 1.29 is 14.3 Å². The number of aryl methyl sites for hydroxylation is 1. The van der Waals surface area contributed by atoms with E-state index in [9.17, 15) is 4.79 Å². The van der Waals surface area contributed by atoms with E-state index in [1.807, 2.05) is 48.5 Å². The van der Waals surface area contributed by atoms with E-state index in [1.54, 1.807) is 19.4 Å². The van der Waals surface area contributed by atoms with Gasteiger partial charge in [-0.3, -0.25) is 4.98 Å². The molecule has 0 saturated carbocycles. The second-order valence-electron chi connectivity index (χ2n) is 9.27. The predicted octanol–water partition coefficient (Wildman–Crippen LogP) is 5.46. The molecule has 194 valence electrons. The number of nitrogens with one attached hydrogen (secondary N) is 1. The van der Waals surface area contributed by atoms with Gasteiger partial charge in [0.25, 0.3) is 0 Å². The summed E-state index contributed by atoms with van der Waals surface area (Å²) in [6, 6.07) is 23.4. The van der Waals surface area contributed by atoms with Crippen LogP contribution in [0, 0.1) is 13.8 Å². The zero-order chi connectivity index (χ0) is 26.8. The predicted molar refractivity (Wildman–Crippen MR) is 151 cm³/mol. The molecule has 1 N–H and O–H groups in total. The van der Waals surface area contributed by atoms with E-state index in [-0.39, 0.29) is 18.1 Å². The van der Waals surface area contributed by atoms with Crippen LogP contribution in [0.25, 0.3) is 5.69 Å². The van der Waals surface area contributed by atoms with Crippen molar-refractivity contribution in [3.63, 3.8) is 0 Å². The van der Waals surface area contributed by atoms with Gasteiger partial charge in [0.05, 0.1) is 43.2 Å². The number of pyridine rings is 1. The number of carbonyl (C=O) groups is 1. The fourth-order valence-electron chi connectivity index (χ4n) is 5.25. The minimum absolute atomic E-state index is 0.121. The first-order chi connectivity index (χ1) is 18.4. The SMILES string of the molecule is COC(=O)c1ccccc1-n1c(C)cc(C2C(c3ccccn3)NC(=S)N2Cc2ccc(OC)cc2)c1C. The molecule has 7 nitrogen and oxygen atoms in total. The number of nitrogens with zero attached hydrogens (tertiary/aromatic N) is 3. The standard InChI is InChI=1S/C30H30N4O3S/c1-19-17-24(20(2)34(19)26-11-6-5-9-23(26)29(35)37-4)28-27(25-10-7-8-16-31-25)32-30(38)33(28)18-21-12-14-22(36-3)15-13-21/h5-17,27-28H,18H2,1-4H3,(H,32,38). The molecule has 0 bridgehead atoms. The van der Waals surface area contributed by atoms with Crippen LogP contribution >= 0.6 is 12.2 Å². The molecule has 1 aliphatic rings. The number of rotatable bonds is 7. The lowest BCUT2D eigenvalue weighted by molar-refractivity contribution is 0.0600. The van der Waals surface area contributed by atoms with Crippen molar-refractivity contribution in [3.8, 4) is 11.4 Å². The van der Waals surface area contributed by atoms with Gasteiger partial charge >= 0.3 is 5.97 Å². The van der Waals surface area contributed by atoms with Gasteiger partial charge < -0.3 is 24.3 Å². The fourth-order valence-corrected chi connectivity index (χ4v) is 5.56. The van der Waals surface area contributed by atoms with Gasteiger partial charge in [0.1, 0.15) is 5.75 Å². The number of aromatic nitrogens is 2. The first kappa shape index (κ1) is 25.5. The van der Waals surface area contributed by atoms with Crippen molar-refractivity contribution in [2.24, 2.45) is 0 Å². The average molecular weight is 527 g/mol. The maximum Gasteiger partial charge on any atom is 0.339 e. The minimum atomic E-state index is -0.370. The number of hydrogen-bond acceptors (Lipinski definition) is 5. The molecule has 1 saturated heterocycles. The maximum atomic E-state index is 12.6. The van der Waals surface area contributed by atoms with Gasteiger partial charge in [0.15, 0.2) is 5.11 Å². The van der Waals surface area contributed by atoms with Crippen molar-refractivity contribution in [1.82, 2.24) is 19.8 Å². The molecule has 2 unspecified atom stereocenters. The largest absolute Gasteiger partial charge is 0.497 e. The van der Waals surface area contributed by atoms with Crippen molar-refractivity contribution in [3.05, 3.63) is 113 Å². The molecular formula is C30H30N4O3S. The highest BCUT2D eigenvalue weighted by molar-refractivity contribution is 7.80. The third kappa shape index (κ3) is 4.63. The van der Waals surface area contributed by atoms with E-state index < -0.39 is 0 Å². The zero-order valence-corrected chi connectivity index (χ0v) is 22.7. The smallest absolute Gasteiger partial charge is 0.339 e. The molecule has 0 amide bonds. The van der Waals surface area contributed by atoms with Crippen LogP contribution in [0.3, 0.4) is 0 Å². The molecule has 2 aromatic heterocycles. The molecule has 4 aromatic rings. The van der Waals surface area contributed by atoms with Gasteiger partial charge in [-0.05, 0) is 79.7 Å². The normalized spacial score (nSPS) is 16.8. The summed E-state index contributed by atoms with van der Waals surface area (Å²) in [5.41, 5.74) is 6.47. The number of ether oxygens (including phenoxy) is 2. The third-order valence-electron chi connectivity index (χ3n) is 7.05. The van der Waals surface area contributed by atoms with E-state index in [0.717, 1.165) is 39.6 Å². The topological polar surface area (TPSA) is 68.6 Å². The first-order valence-corrected chi connectivity index (χ1v) is 12.8. The number of thiocarbonyl (C=S) groups is 1. The Labute approximate surface area is 228 Å². The molecule has 1 aliphatic heterocycles. The van der Waals surface area contributed by atoms with Gasteiger partial charge in [-0.25, -0.2) is 4.79 Å². The third-order valence-corrected chi connectivity index (χ3v) is 7.40. The summed E-state index contributed by atoms with van der Waals surface area (Å²) in [5, 5.41) is 4.20. The summed E-state index contributed by atoms with van der Waals surface area (Å²) in [7, 11) is 3.07. The molecule has 5 rings (SSSR count). The lowest BCUT2D eigenvalue weighted by Crippen LogP contribution is -2.29. The summed E-state index contributed by atoms with van der Waals surface area (Å²) in [6.07, 6.45) is 1.80. The van der Waals surface area contributed by atoms with E-state index in [0.29, 0.717) is 17.2 Å². The van der Waals surface area contributed by atoms with Crippen LogP contribution in [0.2, 0.25) is 0 Å². The zero-order valence-electron chi connectivity index (χ0n) is 21.8. The van der Waals surface area contributed by atoms with Crippen LogP contribution < -0.4 is 10.1 Å². The highest BCUT2D eigenvalue weighted by Crippen LogP contribution is 2.42.